The van der Waals surface area contributed by atoms with Gasteiger partial charge in [0.05, 0.1) is 0 Å². The highest BCUT2D eigenvalue weighted by Crippen LogP contribution is 2.23. The molecule has 0 amide bonds. The number of likely N-dealkylation sites (tertiary alicyclic amines) is 1. The Morgan fingerprint density at radius 2 is 1.95 bits per heavy atom. The minimum absolute atomic E-state index is 0.0884. The fraction of sp³-hybridized carbons (Fsp3) is 0.667. The van der Waals surface area contributed by atoms with Gasteiger partial charge in [0.1, 0.15) is 5.82 Å². The van der Waals surface area contributed by atoms with Crippen molar-refractivity contribution < 1.29 is 4.39 Å². The molecule has 1 fully saturated rings. The van der Waals surface area contributed by atoms with Crippen LogP contribution < -0.4 is 5.32 Å². The SMILES string of the molecule is CCCNC(CN1CCC(CC)CC1)c1ccccc1F. The molecule has 0 aliphatic carbocycles. The van der Waals surface area contributed by atoms with E-state index in [2.05, 4.69) is 24.1 Å². The lowest BCUT2D eigenvalue weighted by molar-refractivity contribution is 0.165. The number of piperidine rings is 1. The normalized spacial score (nSPS) is 18.8. The molecular formula is C18H29FN2. The van der Waals surface area contributed by atoms with Crippen LogP contribution >= 0.6 is 0 Å². The quantitative estimate of drug-likeness (QED) is 0.817. The van der Waals surface area contributed by atoms with E-state index in [9.17, 15) is 4.39 Å². The van der Waals surface area contributed by atoms with Crippen molar-refractivity contribution >= 4 is 0 Å². The van der Waals surface area contributed by atoms with Crippen LogP contribution in [0.4, 0.5) is 4.39 Å². The first-order valence-electron chi connectivity index (χ1n) is 8.44. The molecule has 1 aliphatic rings. The highest BCUT2D eigenvalue weighted by Gasteiger charge is 2.22. The van der Waals surface area contributed by atoms with E-state index in [1.807, 2.05) is 12.1 Å². The zero-order chi connectivity index (χ0) is 15.1. The minimum Gasteiger partial charge on any atom is -0.309 e. The van der Waals surface area contributed by atoms with Crippen LogP contribution in [0.5, 0.6) is 0 Å². The summed E-state index contributed by atoms with van der Waals surface area (Å²) in [5.41, 5.74) is 0.809. The molecule has 21 heavy (non-hydrogen) atoms. The van der Waals surface area contributed by atoms with Gasteiger partial charge in [-0.1, -0.05) is 38.5 Å². The summed E-state index contributed by atoms with van der Waals surface area (Å²) in [4.78, 5) is 2.49. The van der Waals surface area contributed by atoms with Crippen LogP contribution in [-0.2, 0) is 0 Å². The van der Waals surface area contributed by atoms with E-state index < -0.39 is 0 Å². The Kier molecular flexibility index (Phi) is 6.65. The van der Waals surface area contributed by atoms with E-state index in [1.165, 1.54) is 19.3 Å². The molecule has 2 nitrogen and oxygen atoms in total. The van der Waals surface area contributed by atoms with Crippen molar-refractivity contribution in [3.8, 4) is 0 Å². The van der Waals surface area contributed by atoms with Gasteiger partial charge in [-0.15, -0.1) is 0 Å². The third-order valence-corrected chi connectivity index (χ3v) is 4.65. The summed E-state index contributed by atoms with van der Waals surface area (Å²) in [5.74, 6) is 0.798. The van der Waals surface area contributed by atoms with Crippen molar-refractivity contribution in [2.75, 3.05) is 26.2 Å². The monoisotopic (exact) mass is 292 g/mol. The van der Waals surface area contributed by atoms with Crippen LogP contribution in [0.1, 0.15) is 51.1 Å². The smallest absolute Gasteiger partial charge is 0.128 e. The van der Waals surface area contributed by atoms with E-state index >= 15 is 0 Å². The van der Waals surface area contributed by atoms with Crippen molar-refractivity contribution in [2.45, 2.75) is 45.6 Å². The number of hydrogen-bond acceptors (Lipinski definition) is 2. The Morgan fingerprint density at radius 3 is 2.57 bits per heavy atom. The highest BCUT2D eigenvalue weighted by molar-refractivity contribution is 5.21. The van der Waals surface area contributed by atoms with Crippen molar-refractivity contribution in [1.29, 1.82) is 0 Å². The number of nitrogens with zero attached hydrogens (tertiary/aromatic N) is 1. The Hall–Kier alpha value is -0.930. The van der Waals surface area contributed by atoms with E-state index in [-0.39, 0.29) is 11.9 Å². The molecule has 1 aromatic rings. The fourth-order valence-corrected chi connectivity index (χ4v) is 3.18. The molecule has 0 aromatic heterocycles. The standard InChI is InChI=1S/C18H29FN2/c1-3-11-20-18(16-7-5-6-8-17(16)19)14-21-12-9-15(4-2)10-13-21/h5-8,15,18,20H,3-4,9-14H2,1-2H3. The fourth-order valence-electron chi connectivity index (χ4n) is 3.18. The van der Waals surface area contributed by atoms with Crippen molar-refractivity contribution in [2.24, 2.45) is 5.92 Å². The number of rotatable bonds is 7. The lowest BCUT2D eigenvalue weighted by atomic mass is 9.94. The maximum Gasteiger partial charge on any atom is 0.128 e. The molecule has 118 valence electrons. The molecule has 2 rings (SSSR count). The molecule has 0 radical (unpaired) electrons. The van der Waals surface area contributed by atoms with Gasteiger partial charge < -0.3 is 10.2 Å². The van der Waals surface area contributed by atoms with Gasteiger partial charge in [0, 0.05) is 18.2 Å². The van der Waals surface area contributed by atoms with Crippen LogP contribution in [0.2, 0.25) is 0 Å². The Labute approximate surface area is 128 Å². The maximum atomic E-state index is 14.1. The molecule has 0 saturated carbocycles. The van der Waals surface area contributed by atoms with Crippen LogP contribution in [0, 0.1) is 11.7 Å². The second-order valence-electron chi connectivity index (χ2n) is 6.18. The van der Waals surface area contributed by atoms with Crippen molar-refractivity contribution in [3.05, 3.63) is 35.6 Å². The molecule has 1 heterocycles. The molecule has 0 bridgehead atoms. The number of nitrogens with one attached hydrogen (secondary N) is 1. The Bertz CT molecular complexity index is 413. The van der Waals surface area contributed by atoms with Crippen molar-refractivity contribution in [1.82, 2.24) is 10.2 Å². The summed E-state index contributed by atoms with van der Waals surface area (Å²) in [5, 5.41) is 3.52. The van der Waals surface area contributed by atoms with Crippen LogP contribution in [0.3, 0.4) is 0 Å². The van der Waals surface area contributed by atoms with Gasteiger partial charge in [-0.3, -0.25) is 0 Å². The predicted molar refractivity (Wildman–Crippen MR) is 86.9 cm³/mol. The van der Waals surface area contributed by atoms with Gasteiger partial charge in [0.2, 0.25) is 0 Å². The molecule has 1 saturated heterocycles. The average molecular weight is 292 g/mol. The number of hydrogen-bond donors (Lipinski definition) is 1. The van der Waals surface area contributed by atoms with Crippen molar-refractivity contribution in [3.63, 3.8) is 0 Å². The van der Waals surface area contributed by atoms with Crippen LogP contribution in [-0.4, -0.2) is 31.1 Å². The van der Waals surface area contributed by atoms with Gasteiger partial charge in [-0.25, -0.2) is 4.39 Å². The summed E-state index contributed by atoms with van der Waals surface area (Å²) < 4.78 is 14.1. The highest BCUT2D eigenvalue weighted by atomic mass is 19.1. The molecule has 0 spiro atoms. The van der Waals surface area contributed by atoms with Gasteiger partial charge in [0.15, 0.2) is 0 Å². The Balaban J connectivity index is 1.98. The topological polar surface area (TPSA) is 15.3 Å². The zero-order valence-electron chi connectivity index (χ0n) is 13.4. The zero-order valence-corrected chi connectivity index (χ0v) is 13.4. The third-order valence-electron chi connectivity index (χ3n) is 4.65. The molecule has 1 unspecified atom stereocenters. The number of halogens is 1. The first-order valence-corrected chi connectivity index (χ1v) is 8.44. The first kappa shape index (κ1) is 16.4. The third kappa shape index (κ3) is 4.79. The van der Waals surface area contributed by atoms with Gasteiger partial charge >= 0.3 is 0 Å². The molecular weight excluding hydrogens is 263 g/mol. The van der Waals surface area contributed by atoms with Gasteiger partial charge in [-0.05, 0) is 50.9 Å². The lowest BCUT2D eigenvalue weighted by Gasteiger charge is -2.34. The Morgan fingerprint density at radius 1 is 1.24 bits per heavy atom. The first-order chi connectivity index (χ1) is 10.2. The maximum absolute atomic E-state index is 14.1. The second-order valence-corrected chi connectivity index (χ2v) is 6.18. The predicted octanol–water partition coefficient (Wildman–Crippen LogP) is 3.99. The largest absolute Gasteiger partial charge is 0.309 e. The van der Waals surface area contributed by atoms with Crippen LogP contribution in [0.25, 0.3) is 0 Å². The van der Waals surface area contributed by atoms with E-state index in [1.54, 1.807) is 12.1 Å². The molecule has 3 heteroatoms. The minimum atomic E-state index is -0.0884. The van der Waals surface area contributed by atoms with E-state index in [0.29, 0.717) is 0 Å². The molecule has 1 atom stereocenters. The van der Waals surface area contributed by atoms with Gasteiger partial charge in [0.25, 0.3) is 0 Å². The average Bonchev–Trinajstić information content (AvgIpc) is 2.53. The van der Waals surface area contributed by atoms with Crippen LogP contribution in [0.15, 0.2) is 24.3 Å². The van der Waals surface area contributed by atoms with E-state index in [4.69, 9.17) is 0 Å². The summed E-state index contributed by atoms with van der Waals surface area (Å²) in [7, 11) is 0. The van der Waals surface area contributed by atoms with Gasteiger partial charge in [-0.2, -0.15) is 0 Å². The second kappa shape index (κ2) is 8.50. The molecule has 1 aliphatic heterocycles. The van der Waals surface area contributed by atoms with E-state index in [0.717, 1.165) is 44.1 Å². The summed E-state index contributed by atoms with van der Waals surface area (Å²) >= 11 is 0. The summed E-state index contributed by atoms with van der Waals surface area (Å²) in [6.45, 7) is 8.58. The lowest BCUT2D eigenvalue weighted by Crippen LogP contribution is -2.40. The molecule has 1 N–H and O–H groups in total. The summed E-state index contributed by atoms with van der Waals surface area (Å²) in [6, 6.07) is 7.29. The molecule has 1 aromatic carbocycles. The number of benzene rings is 1. The summed E-state index contributed by atoms with van der Waals surface area (Å²) in [6.07, 6.45) is 4.93.